The molecule has 0 radical (unpaired) electrons. The fourth-order valence-corrected chi connectivity index (χ4v) is 1.04. The van der Waals surface area contributed by atoms with Crippen molar-refractivity contribution in [3.63, 3.8) is 0 Å². The molecule has 10 heavy (non-hydrogen) atoms. The van der Waals surface area contributed by atoms with Crippen molar-refractivity contribution in [1.29, 1.82) is 0 Å². The first-order valence-corrected chi connectivity index (χ1v) is 3.85. The molecule has 0 heterocycles. The predicted molar refractivity (Wildman–Crippen MR) is 44.0 cm³/mol. The molecule has 62 valence electrons. The number of hydrogen-bond acceptors (Lipinski definition) is 2. The van der Waals surface area contributed by atoms with Gasteiger partial charge in [-0.15, -0.1) is 0 Å². The second-order valence-corrected chi connectivity index (χ2v) is 3.55. The Labute approximate surface area is 63.8 Å². The highest BCUT2D eigenvalue weighted by Gasteiger charge is 2.06. The Kier molecular flexibility index (Phi) is 4.65. The molecule has 0 spiro atoms. The van der Waals surface area contributed by atoms with Crippen LogP contribution < -0.4 is 0 Å². The number of aliphatic hydroxyl groups is 1. The first-order valence-electron chi connectivity index (χ1n) is 3.85. The van der Waals surface area contributed by atoms with E-state index in [0.717, 1.165) is 13.0 Å². The summed E-state index contributed by atoms with van der Waals surface area (Å²) in [5, 5.41) is 9.35. The summed E-state index contributed by atoms with van der Waals surface area (Å²) >= 11 is 0. The van der Waals surface area contributed by atoms with Crippen LogP contribution in [0.25, 0.3) is 0 Å². The first-order chi connectivity index (χ1) is 4.52. The highest BCUT2D eigenvalue weighted by Crippen LogP contribution is 2.04. The Morgan fingerprint density at radius 3 is 2.10 bits per heavy atom. The zero-order chi connectivity index (χ0) is 8.15. The lowest BCUT2D eigenvalue weighted by Gasteiger charge is -2.17. The van der Waals surface area contributed by atoms with Gasteiger partial charge in [-0.1, -0.05) is 13.8 Å². The molecular weight excluding hydrogens is 126 g/mol. The molecule has 2 nitrogen and oxygen atoms in total. The van der Waals surface area contributed by atoms with E-state index < -0.39 is 0 Å². The molecule has 1 N–H and O–H groups in total. The van der Waals surface area contributed by atoms with E-state index in [9.17, 15) is 5.11 Å². The van der Waals surface area contributed by atoms with Gasteiger partial charge in [0.25, 0.3) is 0 Å². The third kappa shape index (κ3) is 6.05. The van der Waals surface area contributed by atoms with E-state index in [0.29, 0.717) is 5.92 Å². The van der Waals surface area contributed by atoms with Crippen molar-refractivity contribution in [2.24, 2.45) is 5.92 Å². The van der Waals surface area contributed by atoms with Crippen LogP contribution in [0.5, 0.6) is 0 Å². The van der Waals surface area contributed by atoms with E-state index in [-0.39, 0.29) is 6.10 Å². The smallest absolute Gasteiger partial charge is 0.0669 e. The Morgan fingerprint density at radius 1 is 1.30 bits per heavy atom. The van der Waals surface area contributed by atoms with E-state index in [1.807, 2.05) is 19.0 Å². The van der Waals surface area contributed by atoms with E-state index in [2.05, 4.69) is 13.8 Å². The van der Waals surface area contributed by atoms with Crippen LogP contribution in [-0.2, 0) is 0 Å². The molecule has 0 aliphatic rings. The third-order valence-corrected chi connectivity index (χ3v) is 1.32. The summed E-state index contributed by atoms with van der Waals surface area (Å²) in [6.45, 7) is 5.02. The summed E-state index contributed by atoms with van der Waals surface area (Å²) in [6.07, 6.45) is 0.744. The van der Waals surface area contributed by atoms with Gasteiger partial charge in [-0.25, -0.2) is 0 Å². The normalized spacial score (nSPS) is 14.7. The van der Waals surface area contributed by atoms with Crippen molar-refractivity contribution >= 4 is 0 Å². The SMILES string of the molecule is CC(C)CC(O)CN(C)C. The van der Waals surface area contributed by atoms with Gasteiger partial charge in [-0.2, -0.15) is 0 Å². The van der Waals surface area contributed by atoms with Crippen LogP contribution in [-0.4, -0.2) is 36.8 Å². The Bertz CT molecular complexity index is 71.3. The summed E-state index contributed by atoms with van der Waals surface area (Å²) in [7, 11) is 3.95. The maximum absolute atomic E-state index is 9.35. The Morgan fingerprint density at radius 2 is 1.80 bits per heavy atom. The minimum atomic E-state index is -0.157. The number of aliphatic hydroxyl groups excluding tert-OH is 1. The van der Waals surface area contributed by atoms with Crippen molar-refractivity contribution < 1.29 is 5.11 Å². The fraction of sp³-hybridized carbons (Fsp3) is 1.00. The van der Waals surface area contributed by atoms with Gasteiger partial charge >= 0.3 is 0 Å². The highest BCUT2D eigenvalue weighted by molar-refractivity contribution is 4.60. The van der Waals surface area contributed by atoms with Crippen molar-refractivity contribution in [2.45, 2.75) is 26.4 Å². The molecule has 0 bridgehead atoms. The summed E-state index contributed by atoms with van der Waals surface area (Å²) in [6, 6.07) is 0. The monoisotopic (exact) mass is 145 g/mol. The molecule has 0 aliphatic heterocycles. The lowest BCUT2D eigenvalue weighted by Crippen LogP contribution is -2.26. The Balaban J connectivity index is 3.34. The maximum atomic E-state index is 9.35. The van der Waals surface area contributed by atoms with E-state index in [1.54, 1.807) is 0 Å². The zero-order valence-corrected chi connectivity index (χ0v) is 7.46. The van der Waals surface area contributed by atoms with Gasteiger partial charge in [0.2, 0.25) is 0 Å². The molecule has 0 saturated heterocycles. The molecule has 0 aromatic carbocycles. The molecule has 0 aliphatic carbocycles. The van der Waals surface area contributed by atoms with Crippen LogP contribution in [0.1, 0.15) is 20.3 Å². The average Bonchev–Trinajstić information content (AvgIpc) is 1.58. The largest absolute Gasteiger partial charge is 0.392 e. The molecular formula is C8H19NO. The summed E-state index contributed by atoms with van der Waals surface area (Å²) < 4.78 is 0. The summed E-state index contributed by atoms with van der Waals surface area (Å²) in [4.78, 5) is 2.01. The van der Waals surface area contributed by atoms with Crippen molar-refractivity contribution in [2.75, 3.05) is 20.6 Å². The average molecular weight is 145 g/mol. The first kappa shape index (κ1) is 9.92. The minimum absolute atomic E-state index is 0.157. The van der Waals surface area contributed by atoms with Crippen molar-refractivity contribution in [3.8, 4) is 0 Å². The van der Waals surface area contributed by atoms with Crippen LogP contribution in [0.4, 0.5) is 0 Å². The Hall–Kier alpha value is -0.0800. The van der Waals surface area contributed by atoms with Crippen LogP contribution in [0.2, 0.25) is 0 Å². The lowest BCUT2D eigenvalue weighted by atomic mass is 10.1. The van der Waals surface area contributed by atoms with Gasteiger partial charge < -0.3 is 10.0 Å². The van der Waals surface area contributed by atoms with Gasteiger partial charge in [-0.3, -0.25) is 0 Å². The summed E-state index contributed by atoms with van der Waals surface area (Å²) in [5.74, 6) is 0.593. The van der Waals surface area contributed by atoms with Crippen molar-refractivity contribution in [1.82, 2.24) is 4.90 Å². The van der Waals surface area contributed by atoms with Gasteiger partial charge in [0.05, 0.1) is 6.10 Å². The topological polar surface area (TPSA) is 23.5 Å². The number of rotatable bonds is 4. The van der Waals surface area contributed by atoms with Gasteiger partial charge in [0.15, 0.2) is 0 Å². The van der Waals surface area contributed by atoms with Crippen LogP contribution in [0.3, 0.4) is 0 Å². The molecule has 2 heteroatoms. The van der Waals surface area contributed by atoms with Gasteiger partial charge in [0, 0.05) is 6.54 Å². The molecule has 1 unspecified atom stereocenters. The molecule has 0 rings (SSSR count). The summed E-state index contributed by atoms with van der Waals surface area (Å²) in [5.41, 5.74) is 0. The molecule has 0 saturated carbocycles. The van der Waals surface area contributed by atoms with Crippen molar-refractivity contribution in [3.05, 3.63) is 0 Å². The second-order valence-electron chi connectivity index (χ2n) is 3.55. The lowest BCUT2D eigenvalue weighted by molar-refractivity contribution is 0.115. The van der Waals surface area contributed by atoms with E-state index in [1.165, 1.54) is 0 Å². The number of nitrogens with zero attached hydrogens (tertiary/aromatic N) is 1. The van der Waals surface area contributed by atoms with Crippen LogP contribution in [0.15, 0.2) is 0 Å². The number of hydrogen-bond donors (Lipinski definition) is 1. The maximum Gasteiger partial charge on any atom is 0.0669 e. The van der Waals surface area contributed by atoms with Gasteiger partial charge in [-0.05, 0) is 26.4 Å². The molecule has 0 fully saturated rings. The minimum Gasteiger partial charge on any atom is -0.392 e. The quantitative estimate of drug-likeness (QED) is 0.637. The van der Waals surface area contributed by atoms with E-state index >= 15 is 0 Å². The molecule has 0 amide bonds. The third-order valence-electron chi connectivity index (χ3n) is 1.32. The van der Waals surface area contributed by atoms with E-state index in [4.69, 9.17) is 0 Å². The highest BCUT2D eigenvalue weighted by atomic mass is 16.3. The predicted octanol–water partition coefficient (Wildman–Crippen LogP) is 0.955. The standard InChI is InChI=1S/C8H19NO/c1-7(2)5-8(10)6-9(3)4/h7-8,10H,5-6H2,1-4H3. The molecule has 1 atom stereocenters. The van der Waals surface area contributed by atoms with Crippen LogP contribution >= 0.6 is 0 Å². The zero-order valence-electron chi connectivity index (χ0n) is 7.46. The van der Waals surface area contributed by atoms with Crippen LogP contribution in [0, 0.1) is 5.92 Å². The fourth-order valence-electron chi connectivity index (χ4n) is 1.04. The number of likely N-dealkylation sites (N-methyl/N-ethyl adjacent to an activating group) is 1. The molecule has 0 aromatic rings. The van der Waals surface area contributed by atoms with Gasteiger partial charge in [0.1, 0.15) is 0 Å². The molecule has 0 aromatic heterocycles. The second kappa shape index (κ2) is 4.69.